The third kappa shape index (κ3) is 5.51. The molecular weight excluding hydrogens is 296 g/mol. The fourth-order valence-electron chi connectivity index (χ4n) is 2.16. The summed E-state index contributed by atoms with van der Waals surface area (Å²) in [4.78, 5) is 12.0. The molecule has 22 heavy (non-hydrogen) atoms. The number of carbonyl (C=O) groups is 1. The Morgan fingerprint density at radius 2 is 1.86 bits per heavy atom. The lowest BCUT2D eigenvalue weighted by atomic mass is 10.1. The Hall–Kier alpha value is -1.84. The molecule has 0 unspecified atom stereocenters. The van der Waals surface area contributed by atoms with Gasteiger partial charge in [-0.3, -0.25) is 4.79 Å². The Labute approximate surface area is 136 Å². The minimum atomic E-state index is 0.0237. The predicted octanol–water partition coefficient (Wildman–Crippen LogP) is 4.02. The summed E-state index contributed by atoms with van der Waals surface area (Å²) in [6, 6.07) is 15.5. The number of aryl methyl sites for hydroxylation is 1. The van der Waals surface area contributed by atoms with Gasteiger partial charge in [0.25, 0.3) is 0 Å². The van der Waals surface area contributed by atoms with E-state index in [1.165, 1.54) is 0 Å². The lowest BCUT2D eigenvalue weighted by Crippen LogP contribution is -2.14. The average molecular weight is 317 g/mol. The van der Waals surface area contributed by atoms with Crippen molar-refractivity contribution in [3.8, 4) is 0 Å². The van der Waals surface area contributed by atoms with Crippen molar-refractivity contribution in [3.05, 3.63) is 64.7 Å². The van der Waals surface area contributed by atoms with Gasteiger partial charge < -0.3 is 10.6 Å². The molecule has 0 aromatic heterocycles. The number of carbonyl (C=O) groups excluding carboxylic acids is 1. The molecule has 4 heteroatoms. The lowest BCUT2D eigenvalue weighted by Gasteiger charge is -2.08. The standard InChI is InChI=1S/C18H21ClN2O/c1-2-20-13-15-4-3-5-17(12-15)21-18(22)11-8-14-6-9-16(19)10-7-14/h3-7,9-10,12,20H,2,8,11,13H2,1H3,(H,21,22). The van der Waals surface area contributed by atoms with E-state index in [9.17, 15) is 4.79 Å². The maximum absolute atomic E-state index is 12.0. The molecule has 0 radical (unpaired) electrons. The first kappa shape index (κ1) is 16.5. The summed E-state index contributed by atoms with van der Waals surface area (Å²) in [7, 11) is 0. The number of amides is 1. The maximum Gasteiger partial charge on any atom is 0.224 e. The SMILES string of the molecule is CCNCc1cccc(NC(=O)CCc2ccc(Cl)cc2)c1. The van der Waals surface area contributed by atoms with Gasteiger partial charge in [0.15, 0.2) is 0 Å². The topological polar surface area (TPSA) is 41.1 Å². The largest absolute Gasteiger partial charge is 0.326 e. The average Bonchev–Trinajstić information content (AvgIpc) is 2.53. The molecule has 0 aliphatic rings. The van der Waals surface area contributed by atoms with Crippen molar-refractivity contribution in [2.45, 2.75) is 26.3 Å². The Balaban J connectivity index is 1.85. The molecule has 1 amide bonds. The first-order valence-corrected chi connectivity index (χ1v) is 7.89. The van der Waals surface area contributed by atoms with Crippen molar-refractivity contribution in [2.75, 3.05) is 11.9 Å². The fourth-order valence-corrected chi connectivity index (χ4v) is 2.29. The van der Waals surface area contributed by atoms with E-state index >= 15 is 0 Å². The molecule has 2 aromatic rings. The number of halogens is 1. The molecule has 0 saturated heterocycles. The Bertz CT molecular complexity index is 611. The molecule has 0 heterocycles. The molecule has 0 fully saturated rings. The van der Waals surface area contributed by atoms with Crippen LogP contribution in [0.5, 0.6) is 0 Å². The van der Waals surface area contributed by atoms with Gasteiger partial charge in [0.2, 0.25) is 5.91 Å². The van der Waals surface area contributed by atoms with Crippen LogP contribution in [-0.2, 0) is 17.8 Å². The van der Waals surface area contributed by atoms with Gasteiger partial charge in [-0.25, -0.2) is 0 Å². The van der Waals surface area contributed by atoms with Crippen LogP contribution in [0, 0.1) is 0 Å². The van der Waals surface area contributed by atoms with Crippen molar-refractivity contribution < 1.29 is 4.79 Å². The van der Waals surface area contributed by atoms with Gasteiger partial charge in [0.1, 0.15) is 0 Å². The van der Waals surface area contributed by atoms with E-state index in [1.54, 1.807) is 0 Å². The third-order valence-electron chi connectivity index (χ3n) is 3.34. The molecule has 2 N–H and O–H groups in total. The van der Waals surface area contributed by atoms with Crippen LogP contribution in [0.25, 0.3) is 0 Å². The lowest BCUT2D eigenvalue weighted by molar-refractivity contribution is -0.116. The number of hydrogen-bond donors (Lipinski definition) is 2. The van der Waals surface area contributed by atoms with Crippen LogP contribution in [0.3, 0.4) is 0 Å². The van der Waals surface area contributed by atoms with Crippen LogP contribution in [0.15, 0.2) is 48.5 Å². The van der Waals surface area contributed by atoms with Crippen molar-refractivity contribution in [1.82, 2.24) is 5.32 Å². The van der Waals surface area contributed by atoms with Crippen LogP contribution in [0.2, 0.25) is 5.02 Å². The maximum atomic E-state index is 12.0. The zero-order valence-corrected chi connectivity index (χ0v) is 13.5. The van der Waals surface area contributed by atoms with E-state index in [1.807, 2.05) is 48.5 Å². The van der Waals surface area contributed by atoms with E-state index in [0.717, 1.165) is 29.9 Å². The molecule has 0 aliphatic heterocycles. The second-order valence-electron chi connectivity index (χ2n) is 5.16. The minimum absolute atomic E-state index is 0.0237. The number of nitrogens with one attached hydrogen (secondary N) is 2. The normalized spacial score (nSPS) is 10.5. The van der Waals surface area contributed by atoms with Crippen LogP contribution in [-0.4, -0.2) is 12.5 Å². The van der Waals surface area contributed by atoms with Crippen molar-refractivity contribution in [2.24, 2.45) is 0 Å². The highest BCUT2D eigenvalue weighted by molar-refractivity contribution is 6.30. The van der Waals surface area contributed by atoms with Crippen LogP contribution < -0.4 is 10.6 Å². The summed E-state index contributed by atoms with van der Waals surface area (Å²) < 4.78 is 0. The van der Waals surface area contributed by atoms with Crippen molar-refractivity contribution >= 4 is 23.2 Å². The molecule has 0 spiro atoms. The zero-order valence-electron chi connectivity index (χ0n) is 12.7. The smallest absolute Gasteiger partial charge is 0.224 e. The highest BCUT2D eigenvalue weighted by Gasteiger charge is 2.04. The molecule has 0 bridgehead atoms. The summed E-state index contributed by atoms with van der Waals surface area (Å²) in [6.07, 6.45) is 1.17. The van der Waals surface area contributed by atoms with Gasteiger partial charge in [0.05, 0.1) is 0 Å². The second kappa shape index (κ2) is 8.57. The molecule has 2 rings (SSSR count). The summed E-state index contributed by atoms with van der Waals surface area (Å²) in [5.74, 6) is 0.0237. The van der Waals surface area contributed by atoms with E-state index in [2.05, 4.69) is 17.6 Å². The summed E-state index contributed by atoms with van der Waals surface area (Å²) in [6.45, 7) is 3.81. The van der Waals surface area contributed by atoms with E-state index in [0.29, 0.717) is 17.9 Å². The number of anilines is 1. The van der Waals surface area contributed by atoms with Crippen LogP contribution >= 0.6 is 11.6 Å². The van der Waals surface area contributed by atoms with Gasteiger partial charge in [-0.2, -0.15) is 0 Å². The second-order valence-corrected chi connectivity index (χ2v) is 5.59. The predicted molar refractivity (Wildman–Crippen MR) is 92.2 cm³/mol. The molecule has 0 atom stereocenters. The Kier molecular flexibility index (Phi) is 6.44. The number of rotatable bonds is 7. The van der Waals surface area contributed by atoms with Crippen molar-refractivity contribution in [3.63, 3.8) is 0 Å². The quantitative estimate of drug-likeness (QED) is 0.810. The number of hydrogen-bond acceptors (Lipinski definition) is 2. The first-order valence-electron chi connectivity index (χ1n) is 7.51. The molecule has 0 saturated carbocycles. The van der Waals surface area contributed by atoms with Gasteiger partial charge in [0, 0.05) is 23.7 Å². The summed E-state index contributed by atoms with van der Waals surface area (Å²) in [5.41, 5.74) is 3.12. The summed E-state index contributed by atoms with van der Waals surface area (Å²) in [5, 5.41) is 6.93. The van der Waals surface area contributed by atoms with Crippen molar-refractivity contribution in [1.29, 1.82) is 0 Å². The van der Waals surface area contributed by atoms with E-state index < -0.39 is 0 Å². The molecule has 2 aromatic carbocycles. The molecule has 0 aliphatic carbocycles. The molecular formula is C18H21ClN2O. The van der Waals surface area contributed by atoms with Gasteiger partial charge in [-0.15, -0.1) is 0 Å². The third-order valence-corrected chi connectivity index (χ3v) is 3.60. The minimum Gasteiger partial charge on any atom is -0.326 e. The van der Waals surface area contributed by atoms with E-state index in [-0.39, 0.29) is 5.91 Å². The fraction of sp³-hybridized carbons (Fsp3) is 0.278. The van der Waals surface area contributed by atoms with Gasteiger partial charge in [-0.1, -0.05) is 42.8 Å². The Morgan fingerprint density at radius 1 is 1.09 bits per heavy atom. The molecule has 116 valence electrons. The zero-order chi connectivity index (χ0) is 15.8. The highest BCUT2D eigenvalue weighted by Crippen LogP contribution is 2.13. The van der Waals surface area contributed by atoms with Crippen LogP contribution in [0.1, 0.15) is 24.5 Å². The van der Waals surface area contributed by atoms with Gasteiger partial charge in [-0.05, 0) is 48.4 Å². The van der Waals surface area contributed by atoms with Crippen LogP contribution in [0.4, 0.5) is 5.69 Å². The Morgan fingerprint density at radius 3 is 2.59 bits per heavy atom. The monoisotopic (exact) mass is 316 g/mol. The molecule has 3 nitrogen and oxygen atoms in total. The summed E-state index contributed by atoms with van der Waals surface area (Å²) >= 11 is 5.85. The highest BCUT2D eigenvalue weighted by atomic mass is 35.5. The van der Waals surface area contributed by atoms with Gasteiger partial charge >= 0.3 is 0 Å². The first-order chi connectivity index (χ1) is 10.7. The number of benzene rings is 2. The van der Waals surface area contributed by atoms with E-state index in [4.69, 9.17) is 11.6 Å².